The minimum absolute atomic E-state index is 0.0138. The number of β-amino-alcohol motifs (C(OH)–C–C–N with tert-alkyl or cyclic N) is 1. The first-order valence-electron chi connectivity index (χ1n) is 11.4. The summed E-state index contributed by atoms with van der Waals surface area (Å²) in [6.07, 6.45) is 4.37. The van der Waals surface area contributed by atoms with Gasteiger partial charge in [-0.1, -0.05) is 24.3 Å². The number of nitrogens with zero attached hydrogens (tertiary/aromatic N) is 5. The Kier molecular flexibility index (Phi) is 5.77. The first kappa shape index (κ1) is 20.9. The first-order valence-corrected chi connectivity index (χ1v) is 11.4. The van der Waals surface area contributed by atoms with Crippen LogP contribution >= 0.6 is 0 Å². The lowest BCUT2D eigenvalue weighted by molar-refractivity contribution is -0.0139. The minimum atomic E-state index is -0.622. The van der Waals surface area contributed by atoms with E-state index in [2.05, 4.69) is 44.5 Å². The maximum Gasteiger partial charge on any atom is 0.272 e. The van der Waals surface area contributed by atoms with Gasteiger partial charge in [-0.05, 0) is 43.2 Å². The van der Waals surface area contributed by atoms with Gasteiger partial charge in [0.1, 0.15) is 17.6 Å². The summed E-state index contributed by atoms with van der Waals surface area (Å²) in [6.45, 7) is 2.56. The van der Waals surface area contributed by atoms with Crippen molar-refractivity contribution in [3.63, 3.8) is 0 Å². The van der Waals surface area contributed by atoms with Gasteiger partial charge in [-0.15, -0.1) is 0 Å². The Morgan fingerprint density at radius 1 is 1.16 bits per heavy atom. The molecule has 1 saturated heterocycles. The molecule has 2 aliphatic heterocycles. The molecule has 1 aromatic carbocycles. The number of aliphatic hydroxyl groups is 1. The molecule has 5 rings (SSSR count). The Hall–Kier alpha value is -3.02. The molecule has 8 heteroatoms. The number of benzene rings is 1. The average Bonchev–Trinajstić information content (AvgIpc) is 2.80. The Morgan fingerprint density at radius 3 is 2.69 bits per heavy atom. The second-order valence-electron chi connectivity index (χ2n) is 9.01. The number of nitriles is 1. The lowest BCUT2D eigenvalue weighted by Crippen LogP contribution is -2.56. The van der Waals surface area contributed by atoms with E-state index >= 15 is 0 Å². The maximum absolute atomic E-state index is 13.2. The molecular weight excluding hydrogens is 404 g/mol. The SMILES string of the molecule is N#Cc1nc(NC2CCC2)cc(C(=O)N2CC[C@@H](N3CCc4ccccc4C3)[C@H](O)C2)n1. The van der Waals surface area contributed by atoms with Crippen molar-refractivity contribution in [2.75, 3.05) is 25.0 Å². The van der Waals surface area contributed by atoms with E-state index < -0.39 is 6.10 Å². The number of hydrogen-bond donors (Lipinski definition) is 2. The topological polar surface area (TPSA) is 105 Å². The summed E-state index contributed by atoms with van der Waals surface area (Å²) < 4.78 is 0. The normalized spacial score (nSPS) is 23.7. The highest BCUT2D eigenvalue weighted by atomic mass is 16.3. The third-order valence-electron chi connectivity index (χ3n) is 6.97. The van der Waals surface area contributed by atoms with Crippen molar-refractivity contribution in [1.82, 2.24) is 19.8 Å². The first-order chi connectivity index (χ1) is 15.6. The monoisotopic (exact) mass is 432 g/mol. The van der Waals surface area contributed by atoms with Gasteiger partial charge in [0.25, 0.3) is 5.91 Å². The van der Waals surface area contributed by atoms with E-state index in [1.165, 1.54) is 17.5 Å². The number of fused-ring (bicyclic) bond motifs is 1. The van der Waals surface area contributed by atoms with Crippen LogP contribution in [0, 0.1) is 11.3 Å². The molecule has 32 heavy (non-hydrogen) atoms. The van der Waals surface area contributed by atoms with Crippen LogP contribution in [0.5, 0.6) is 0 Å². The molecule has 1 aromatic heterocycles. The lowest BCUT2D eigenvalue weighted by atomic mass is 9.93. The van der Waals surface area contributed by atoms with Crippen molar-refractivity contribution < 1.29 is 9.90 Å². The van der Waals surface area contributed by atoms with Gasteiger partial charge in [0.05, 0.1) is 6.10 Å². The predicted molar refractivity (Wildman–Crippen MR) is 119 cm³/mol. The number of piperidine rings is 1. The van der Waals surface area contributed by atoms with Crippen LogP contribution in [0.2, 0.25) is 0 Å². The standard InChI is InChI=1S/C24H28N6O2/c25-13-23-27-19(12-22(28-23)26-18-6-3-7-18)24(32)30-11-9-20(21(31)15-30)29-10-8-16-4-1-2-5-17(16)14-29/h1-2,4-5,12,18,20-21,31H,3,6-11,14-15H2,(H,26,27,28)/t20-,21-/m1/s1. The highest BCUT2D eigenvalue weighted by Gasteiger charge is 2.36. The molecule has 2 aromatic rings. The number of likely N-dealkylation sites (tertiary alicyclic amines) is 1. The largest absolute Gasteiger partial charge is 0.390 e. The highest BCUT2D eigenvalue weighted by molar-refractivity contribution is 5.93. The van der Waals surface area contributed by atoms with Crippen molar-refractivity contribution in [2.45, 2.75) is 56.8 Å². The van der Waals surface area contributed by atoms with Crippen molar-refractivity contribution in [1.29, 1.82) is 5.26 Å². The van der Waals surface area contributed by atoms with Crippen LogP contribution in [-0.2, 0) is 13.0 Å². The van der Waals surface area contributed by atoms with Gasteiger partial charge in [-0.25, -0.2) is 9.97 Å². The molecule has 2 atom stereocenters. The Morgan fingerprint density at radius 2 is 1.97 bits per heavy atom. The molecule has 2 fully saturated rings. The molecule has 1 saturated carbocycles. The molecule has 0 bridgehead atoms. The van der Waals surface area contributed by atoms with Gasteiger partial charge in [0.15, 0.2) is 0 Å². The quantitative estimate of drug-likeness (QED) is 0.761. The molecule has 8 nitrogen and oxygen atoms in total. The van der Waals surface area contributed by atoms with E-state index in [4.69, 9.17) is 0 Å². The summed E-state index contributed by atoms with van der Waals surface area (Å²) in [5, 5.41) is 23.5. The number of amides is 1. The summed E-state index contributed by atoms with van der Waals surface area (Å²) in [4.78, 5) is 25.5. The van der Waals surface area contributed by atoms with Crippen LogP contribution in [0.1, 0.15) is 53.1 Å². The van der Waals surface area contributed by atoms with E-state index in [0.29, 0.717) is 24.8 Å². The van der Waals surface area contributed by atoms with Gasteiger partial charge in [0.2, 0.25) is 5.82 Å². The smallest absolute Gasteiger partial charge is 0.272 e. The minimum Gasteiger partial charge on any atom is -0.390 e. The average molecular weight is 433 g/mol. The molecule has 3 heterocycles. The fourth-order valence-electron chi connectivity index (χ4n) is 4.93. The Labute approximate surface area is 187 Å². The molecule has 0 radical (unpaired) electrons. The van der Waals surface area contributed by atoms with Crippen molar-refractivity contribution >= 4 is 11.7 Å². The van der Waals surface area contributed by atoms with Crippen molar-refractivity contribution in [3.05, 3.63) is 53.0 Å². The van der Waals surface area contributed by atoms with Crippen LogP contribution in [0.15, 0.2) is 30.3 Å². The summed E-state index contributed by atoms with van der Waals surface area (Å²) in [6, 6.07) is 12.4. The van der Waals surface area contributed by atoms with Gasteiger partial charge in [-0.3, -0.25) is 9.69 Å². The van der Waals surface area contributed by atoms with E-state index in [1.54, 1.807) is 11.0 Å². The fourth-order valence-corrected chi connectivity index (χ4v) is 4.93. The number of nitrogens with one attached hydrogen (secondary N) is 1. The maximum atomic E-state index is 13.2. The Balaban J connectivity index is 1.26. The highest BCUT2D eigenvalue weighted by Crippen LogP contribution is 2.26. The molecule has 0 unspecified atom stereocenters. The number of anilines is 1. The molecule has 1 aliphatic carbocycles. The third kappa shape index (κ3) is 4.18. The molecule has 2 N–H and O–H groups in total. The van der Waals surface area contributed by atoms with E-state index in [9.17, 15) is 15.2 Å². The third-order valence-corrected chi connectivity index (χ3v) is 6.97. The zero-order valence-corrected chi connectivity index (χ0v) is 18.1. The molecule has 0 spiro atoms. The van der Waals surface area contributed by atoms with Gasteiger partial charge in [-0.2, -0.15) is 5.26 Å². The zero-order chi connectivity index (χ0) is 22.1. The van der Waals surface area contributed by atoms with Gasteiger partial charge >= 0.3 is 0 Å². The number of aliphatic hydroxyl groups excluding tert-OH is 1. The Bertz CT molecular complexity index is 1050. The van der Waals surface area contributed by atoms with Gasteiger partial charge < -0.3 is 15.3 Å². The second-order valence-corrected chi connectivity index (χ2v) is 9.01. The van der Waals surface area contributed by atoms with Crippen LogP contribution in [0.3, 0.4) is 0 Å². The summed E-state index contributed by atoms with van der Waals surface area (Å²) >= 11 is 0. The van der Waals surface area contributed by atoms with Crippen molar-refractivity contribution in [3.8, 4) is 6.07 Å². The van der Waals surface area contributed by atoms with E-state index in [1.807, 2.05) is 6.07 Å². The summed E-state index contributed by atoms with van der Waals surface area (Å²) in [5.41, 5.74) is 2.91. The number of carbonyl (C=O) groups excluding carboxylic acids is 1. The zero-order valence-electron chi connectivity index (χ0n) is 18.1. The number of carbonyl (C=O) groups is 1. The molecule has 3 aliphatic rings. The van der Waals surface area contributed by atoms with Crippen molar-refractivity contribution in [2.24, 2.45) is 0 Å². The van der Waals surface area contributed by atoms with Crippen LogP contribution in [0.25, 0.3) is 0 Å². The number of hydrogen-bond acceptors (Lipinski definition) is 7. The summed E-state index contributed by atoms with van der Waals surface area (Å²) in [5.74, 6) is 0.245. The molecule has 1 amide bonds. The molecular formula is C24H28N6O2. The predicted octanol–water partition coefficient (Wildman–Crippen LogP) is 1.95. The second kappa shape index (κ2) is 8.85. The fraction of sp³-hybridized carbons (Fsp3) is 0.500. The van der Waals surface area contributed by atoms with E-state index in [-0.39, 0.29) is 30.0 Å². The molecule has 166 valence electrons. The van der Waals surface area contributed by atoms with Crippen LogP contribution < -0.4 is 5.32 Å². The van der Waals surface area contributed by atoms with E-state index in [0.717, 1.165) is 32.4 Å². The summed E-state index contributed by atoms with van der Waals surface area (Å²) in [7, 11) is 0. The van der Waals surface area contributed by atoms with Crippen LogP contribution in [-0.4, -0.2) is 68.6 Å². The number of rotatable bonds is 4. The van der Waals surface area contributed by atoms with Crippen LogP contribution in [0.4, 0.5) is 5.82 Å². The number of aromatic nitrogens is 2. The van der Waals surface area contributed by atoms with Gasteiger partial charge in [0, 0.05) is 44.3 Å². The lowest BCUT2D eigenvalue weighted by Gasteiger charge is -2.43.